The standard InChI is InChI=1S/C11H21N3O2S/c1-2-17(15,16)11-5-7-12-6-3-9-14-10-4-8-13-14/h4,8,10,12H,2-3,5-7,9,11H2,1H3. The van der Waals surface area contributed by atoms with Crippen LogP contribution in [0.25, 0.3) is 0 Å². The summed E-state index contributed by atoms with van der Waals surface area (Å²) in [5, 5.41) is 7.34. The Bertz CT molecular complexity index is 387. The number of nitrogens with one attached hydrogen (secondary N) is 1. The van der Waals surface area contributed by atoms with Gasteiger partial charge in [0, 0.05) is 24.7 Å². The van der Waals surface area contributed by atoms with E-state index in [1.807, 2.05) is 16.9 Å². The van der Waals surface area contributed by atoms with Gasteiger partial charge in [0.25, 0.3) is 0 Å². The van der Waals surface area contributed by atoms with Gasteiger partial charge in [0.2, 0.25) is 0 Å². The molecule has 1 rings (SSSR count). The summed E-state index contributed by atoms with van der Waals surface area (Å²) in [6.45, 7) is 4.24. The van der Waals surface area contributed by atoms with Gasteiger partial charge in [-0.3, -0.25) is 4.68 Å². The molecule has 0 fully saturated rings. The highest BCUT2D eigenvalue weighted by Gasteiger charge is 2.05. The topological polar surface area (TPSA) is 64.0 Å². The summed E-state index contributed by atoms with van der Waals surface area (Å²) in [6, 6.07) is 1.91. The second-order valence-electron chi connectivity index (χ2n) is 3.96. The largest absolute Gasteiger partial charge is 0.317 e. The van der Waals surface area contributed by atoms with E-state index >= 15 is 0 Å². The third kappa shape index (κ3) is 6.43. The Labute approximate surface area is 103 Å². The van der Waals surface area contributed by atoms with Gasteiger partial charge in [-0.15, -0.1) is 0 Å². The van der Waals surface area contributed by atoms with Gasteiger partial charge in [-0.2, -0.15) is 5.10 Å². The lowest BCUT2D eigenvalue weighted by Crippen LogP contribution is -2.21. The first-order valence-electron chi connectivity index (χ1n) is 6.02. The lowest BCUT2D eigenvalue weighted by molar-refractivity contribution is 0.541. The highest BCUT2D eigenvalue weighted by Crippen LogP contribution is 1.92. The minimum atomic E-state index is -2.80. The highest BCUT2D eigenvalue weighted by atomic mass is 32.2. The number of hydrogen-bond donors (Lipinski definition) is 1. The van der Waals surface area contributed by atoms with E-state index in [0.29, 0.717) is 6.42 Å². The van der Waals surface area contributed by atoms with E-state index in [-0.39, 0.29) is 11.5 Å². The predicted octanol–water partition coefficient (Wildman–Crippen LogP) is 0.688. The summed E-state index contributed by atoms with van der Waals surface area (Å²) in [7, 11) is -2.80. The van der Waals surface area contributed by atoms with Crippen molar-refractivity contribution in [2.24, 2.45) is 0 Å². The van der Waals surface area contributed by atoms with Crippen LogP contribution in [-0.2, 0) is 16.4 Å². The third-order valence-electron chi connectivity index (χ3n) is 2.55. The second kappa shape index (κ2) is 7.45. The first kappa shape index (κ1) is 14.2. The van der Waals surface area contributed by atoms with Crippen molar-refractivity contribution in [1.29, 1.82) is 0 Å². The fourth-order valence-electron chi connectivity index (χ4n) is 1.49. The Morgan fingerprint density at radius 3 is 2.71 bits per heavy atom. The van der Waals surface area contributed by atoms with Gasteiger partial charge in [0.1, 0.15) is 9.84 Å². The van der Waals surface area contributed by atoms with Crippen molar-refractivity contribution in [2.75, 3.05) is 24.6 Å². The minimum Gasteiger partial charge on any atom is -0.317 e. The molecule has 0 bridgehead atoms. The Hall–Kier alpha value is -0.880. The molecule has 0 aromatic carbocycles. The molecule has 0 unspecified atom stereocenters. The monoisotopic (exact) mass is 259 g/mol. The fourth-order valence-corrected chi connectivity index (χ4v) is 2.36. The quantitative estimate of drug-likeness (QED) is 0.663. The van der Waals surface area contributed by atoms with Crippen LogP contribution in [-0.4, -0.2) is 42.8 Å². The molecular formula is C11H21N3O2S. The number of hydrogen-bond acceptors (Lipinski definition) is 4. The molecule has 0 spiro atoms. The van der Waals surface area contributed by atoms with E-state index < -0.39 is 9.84 Å². The van der Waals surface area contributed by atoms with Crippen LogP contribution in [0.1, 0.15) is 19.8 Å². The smallest absolute Gasteiger partial charge is 0.150 e. The van der Waals surface area contributed by atoms with Gasteiger partial charge < -0.3 is 5.32 Å². The summed E-state index contributed by atoms with van der Waals surface area (Å²) in [4.78, 5) is 0. The number of aryl methyl sites for hydroxylation is 1. The van der Waals surface area contributed by atoms with Crippen molar-refractivity contribution in [3.05, 3.63) is 18.5 Å². The SMILES string of the molecule is CCS(=O)(=O)CCCNCCCn1cccn1. The summed E-state index contributed by atoms with van der Waals surface area (Å²) in [5.74, 6) is 0.530. The van der Waals surface area contributed by atoms with Crippen LogP contribution in [0.2, 0.25) is 0 Å². The molecule has 0 saturated heterocycles. The zero-order chi connectivity index (χ0) is 12.6. The lowest BCUT2D eigenvalue weighted by Gasteiger charge is -2.05. The second-order valence-corrected chi connectivity index (χ2v) is 6.44. The molecule has 0 radical (unpaired) electrons. The molecule has 98 valence electrons. The summed E-state index contributed by atoms with van der Waals surface area (Å²) in [5.41, 5.74) is 0. The number of nitrogens with zero attached hydrogens (tertiary/aromatic N) is 2. The molecule has 0 aliphatic heterocycles. The van der Waals surface area contributed by atoms with E-state index in [4.69, 9.17) is 0 Å². The van der Waals surface area contributed by atoms with Crippen molar-refractivity contribution in [3.8, 4) is 0 Å². The molecule has 1 aromatic heterocycles. The molecule has 1 heterocycles. The van der Waals surface area contributed by atoms with Gasteiger partial charge in [-0.05, 0) is 32.0 Å². The van der Waals surface area contributed by atoms with Crippen LogP contribution < -0.4 is 5.32 Å². The summed E-state index contributed by atoms with van der Waals surface area (Å²) in [6.07, 6.45) is 5.40. The molecule has 6 heteroatoms. The van der Waals surface area contributed by atoms with Crippen molar-refractivity contribution < 1.29 is 8.42 Å². The molecule has 0 aliphatic rings. The van der Waals surface area contributed by atoms with Crippen molar-refractivity contribution >= 4 is 9.84 Å². The van der Waals surface area contributed by atoms with E-state index in [9.17, 15) is 8.42 Å². The Balaban J connectivity index is 1.95. The van der Waals surface area contributed by atoms with Crippen LogP contribution in [0.15, 0.2) is 18.5 Å². The number of rotatable bonds is 9. The highest BCUT2D eigenvalue weighted by molar-refractivity contribution is 7.91. The lowest BCUT2D eigenvalue weighted by atomic mass is 10.4. The molecule has 1 aromatic rings. The average molecular weight is 259 g/mol. The minimum absolute atomic E-state index is 0.242. The van der Waals surface area contributed by atoms with Crippen LogP contribution in [0.3, 0.4) is 0 Å². The Morgan fingerprint density at radius 2 is 2.06 bits per heavy atom. The fraction of sp³-hybridized carbons (Fsp3) is 0.727. The number of aromatic nitrogens is 2. The first-order valence-corrected chi connectivity index (χ1v) is 7.85. The molecule has 0 amide bonds. The summed E-state index contributed by atoms with van der Waals surface area (Å²) < 4.78 is 24.3. The van der Waals surface area contributed by atoms with Crippen LogP contribution in [0, 0.1) is 0 Å². The van der Waals surface area contributed by atoms with Crippen molar-refractivity contribution in [1.82, 2.24) is 15.1 Å². The molecule has 0 saturated carbocycles. The Morgan fingerprint density at radius 1 is 1.29 bits per heavy atom. The molecule has 0 atom stereocenters. The van der Waals surface area contributed by atoms with Crippen LogP contribution >= 0.6 is 0 Å². The first-order chi connectivity index (χ1) is 8.14. The maximum atomic E-state index is 11.2. The molecular weight excluding hydrogens is 238 g/mol. The Kier molecular flexibility index (Phi) is 6.21. The zero-order valence-corrected chi connectivity index (χ0v) is 11.1. The average Bonchev–Trinajstić information content (AvgIpc) is 2.81. The van der Waals surface area contributed by atoms with Crippen molar-refractivity contribution in [2.45, 2.75) is 26.3 Å². The maximum Gasteiger partial charge on any atom is 0.150 e. The van der Waals surface area contributed by atoms with E-state index in [1.165, 1.54) is 0 Å². The van der Waals surface area contributed by atoms with E-state index in [0.717, 1.165) is 26.1 Å². The third-order valence-corrected chi connectivity index (χ3v) is 4.34. The van der Waals surface area contributed by atoms with Gasteiger partial charge in [-0.25, -0.2) is 8.42 Å². The van der Waals surface area contributed by atoms with Gasteiger partial charge in [0.05, 0.1) is 5.75 Å². The van der Waals surface area contributed by atoms with Gasteiger partial charge in [0.15, 0.2) is 0 Å². The maximum absolute atomic E-state index is 11.2. The molecule has 0 aliphatic carbocycles. The van der Waals surface area contributed by atoms with E-state index in [2.05, 4.69) is 10.4 Å². The zero-order valence-electron chi connectivity index (χ0n) is 10.3. The molecule has 1 N–H and O–H groups in total. The molecule has 17 heavy (non-hydrogen) atoms. The predicted molar refractivity (Wildman–Crippen MR) is 68.7 cm³/mol. The van der Waals surface area contributed by atoms with Crippen molar-refractivity contribution in [3.63, 3.8) is 0 Å². The van der Waals surface area contributed by atoms with Crippen LogP contribution in [0.4, 0.5) is 0 Å². The summed E-state index contributed by atoms with van der Waals surface area (Å²) >= 11 is 0. The van der Waals surface area contributed by atoms with E-state index in [1.54, 1.807) is 13.1 Å². The van der Waals surface area contributed by atoms with Gasteiger partial charge in [-0.1, -0.05) is 6.92 Å². The molecule has 5 nitrogen and oxygen atoms in total. The normalized spacial score (nSPS) is 11.8. The van der Waals surface area contributed by atoms with Crippen LogP contribution in [0.5, 0.6) is 0 Å². The number of sulfone groups is 1. The van der Waals surface area contributed by atoms with Gasteiger partial charge >= 0.3 is 0 Å².